The van der Waals surface area contributed by atoms with Crippen LogP contribution < -0.4 is 15.0 Å². The largest absolute Gasteiger partial charge is 0.497 e. The molecule has 1 saturated heterocycles. The lowest BCUT2D eigenvalue weighted by atomic mass is 9.96. The van der Waals surface area contributed by atoms with E-state index < -0.39 is 0 Å². The van der Waals surface area contributed by atoms with Crippen molar-refractivity contribution in [1.82, 2.24) is 15.3 Å². The van der Waals surface area contributed by atoms with E-state index in [0.717, 1.165) is 28.5 Å². The van der Waals surface area contributed by atoms with Crippen LogP contribution in [0.1, 0.15) is 34.7 Å². The molecule has 0 bridgehead atoms. The predicted octanol–water partition coefficient (Wildman–Crippen LogP) is 4.82. The van der Waals surface area contributed by atoms with Crippen molar-refractivity contribution in [3.63, 3.8) is 0 Å². The molecule has 28 heavy (non-hydrogen) atoms. The Labute approximate surface area is 183 Å². The first-order valence-corrected chi connectivity index (χ1v) is 10.5. The highest BCUT2D eigenvalue weighted by Crippen LogP contribution is 2.45. The number of pyridine rings is 1. The van der Waals surface area contributed by atoms with Gasteiger partial charge in [-0.1, -0.05) is 12.1 Å². The minimum atomic E-state index is -0.0534. The molecule has 2 atom stereocenters. The molecular weight excluding hydrogens is 483 g/mol. The van der Waals surface area contributed by atoms with Gasteiger partial charge in [-0.3, -0.25) is 4.98 Å². The second kappa shape index (κ2) is 7.71. The van der Waals surface area contributed by atoms with Gasteiger partial charge in [0, 0.05) is 38.5 Å². The highest BCUT2D eigenvalue weighted by atomic mass is 127. The van der Waals surface area contributed by atoms with Gasteiger partial charge >= 0.3 is 0 Å². The van der Waals surface area contributed by atoms with E-state index in [0.29, 0.717) is 5.11 Å². The third-order valence-corrected chi connectivity index (χ3v) is 6.77. The van der Waals surface area contributed by atoms with Gasteiger partial charge in [0.2, 0.25) is 0 Å². The fourth-order valence-electron chi connectivity index (χ4n) is 3.81. The molecule has 1 fully saturated rings. The summed E-state index contributed by atoms with van der Waals surface area (Å²) in [6.45, 7) is 4.22. The van der Waals surface area contributed by atoms with Crippen molar-refractivity contribution in [2.24, 2.45) is 0 Å². The first-order chi connectivity index (χ1) is 13.5. The number of benzene rings is 1. The van der Waals surface area contributed by atoms with Gasteiger partial charge in [0.15, 0.2) is 5.11 Å². The molecule has 0 aliphatic carbocycles. The maximum absolute atomic E-state index is 5.78. The molecular formula is C21H21IN4OS. The van der Waals surface area contributed by atoms with Crippen molar-refractivity contribution in [2.75, 3.05) is 12.0 Å². The number of ether oxygens (including phenoxy) is 1. The summed E-state index contributed by atoms with van der Waals surface area (Å²) >= 11 is 8.20. The number of thiocarbonyl (C=S) groups is 1. The summed E-state index contributed by atoms with van der Waals surface area (Å²) in [7, 11) is 1.68. The number of hydrogen-bond acceptors (Lipinski definition) is 3. The summed E-state index contributed by atoms with van der Waals surface area (Å²) in [4.78, 5) is 10.3. The van der Waals surface area contributed by atoms with Crippen LogP contribution in [0.15, 0.2) is 48.7 Å². The fourth-order valence-corrected chi connectivity index (χ4v) is 5.01. The molecule has 5 nitrogen and oxygen atoms in total. The van der Waals surface area contributed by atoms with Gasteiger partial charge in [0.1, 0.15) is 5.75 Å². The number of H-pyrrole nitrogens is 1. The molecule has 0 radical (unpaired) electrons. The zero-order valence-electron chi connectivity index (χ0n) is 15.9. The average Bonchev–Trinajstić information content (AvgIpc) is 3.17. The molecule has 0 saturated carbocycles. The lowest BCUT2D eigenvalue weighted by Gasteiger charge is -2.28. The predicted molar refractivity (Wildman–Crippen MR) is 124 cm³/mol. The quantitative estimate of drug-likeness (QED) is 0.395. The number of methoxy groups -OCH3 is 1. The lowest BCUT2D eigenvalue weighted by molar-refractivity contribution is 0.415. The van der Waals surface area contributed by atoms with E-state index in [9.17, 15) is 0 Å². The standard InChI is InChI=1S/C21H21IN4OS/c1-12-17(18(22)13(2)24-12)20-19(16-9-4-5-10-23-16)25-21(28)26(20)14-7-6-8-15(11-14)27-3/h4-11,19-20,24H,1-3H3,(H,25,28)/t19-,20-/m1/s1. The minimum absolute atomic E-state index is 0.0219. The lowest BCUT2D eigenvalue weighted by Crippen LogP contribution is -2.29. The third-order valence-electron chi connectivity index (χ3n) is 5.07. The van der Waals surface area contributed by atoms with Gasteiger partial charge < -0.3 is 19.9 Å². The summed E-state index contributed by atoms with van der Waals surface area (Å²) in [5, 5.41) is 4.19. The Bertz CT molecular complexity index is 1020. The van der Waals surface area contributed by atoms with E-state index in [4.69, 9.17) is 17.0 Å². The van der Waals surface area contributed by atoms with Gasteiger partial charge in [-0.05, 0) is 72.9 Å². The van der Waals surface area contributed by atoms with Crippen molar-refractivity contribution in [1.29, 1.82) is 0 Å². The van der Waals surface area contributed by atoms with Crippen LogP contribution in [0.2, 0.25) is 0 Å². The van der Waals surface area contributed by atoms with Crippen LogP contribution in [0.25, 0.3) is 0 Å². The van der Waals surface area contributed by atoms with Gasteiger partial charge in [0.05, 0.1) is 24.9 Å². The number of aromatic nitrogens is 2. The van der Waals surface area contributed by atoms with E-state index in [2.05, 4.69) is 62.7 Å². The SMILES string of the molecule is COc1cccc(N2C(=S)N[C@H](c3ccccn3)[C@H]2c2c(C)[nH]c(C)c2I)c1. The molecule has 1 aliphatic rings. The van der Waals surface area contributed by atoms with Crippen molar-refractivity contribution in [2.45, 2.75) is 25.9 Å². The van der Waals surface area contributed by atoms with Crippen LogP contribution >= 0.6 is 34.8 Å². The second-order valence-electron chi connectivity index (χ2n) is 6.80. The fraction of sp³-hybridized carbons (Fsp3) is 0.238. The summed E-state index contributed by atoms with van der Waals surface area (Å²) in [6, 6.07) is 13.9. The molecule has 3 aromatic rings. The molecule has 0 spiro atoms. The van der Waals surface area contributed by atoms with Crippen LogP contribution in [-0.4, -0.2) is 22.2 Å². The van der Waals surface area contributed by atoms with Crippen LogP contribution in [0.5, 0.6) is 5.75 Å². The molecule has 3 heterocycles. The van der Waals surface area contributed by atoms with Crippen molar-refractivity contribution >= 4 is 45.6 Å². The maximum atomic E-state index is 5.78. The molecule has 0 unspecified atom stereocenters. The molecule has 2 N–H and O–H groups in total. The van der Waals surface area contributed by atoms with E-state index in [1.807, 2.05) is 42.6 Å². The topological polar surface area (TPSA) is 53.2 Å². The first kappa shape index (κ1) is 19.2. The van der Waals surface area contributed by atoms with Crippen LogP contribution in [-0.2, 0) is 0 Å². The summed E-state index contributed by atoms with van der Waals surface area (Å²) in [6.07, 6.45) is 1.82. The van der Waals surface area contributed by atoms with Crippen molar-refractivity contribution in [3.05, 3.63) is 74.9 Å². The smallest absolute Gasteiger partial charge is 0.174 e. The first-order valence-electron chi connectivity index (χ1n) is 9.00. The monoisotopic (exact) mass is 504 g/mol. The number of hydrogen-bond donors (Lipinski definition) is 2. The number of aryl methyl sites for hydroxylation is 2. The number of nitrogens with one attached hydrogen (secondary N) is 2. The molecule has 1 aliphatic heterocycles. The zero-order chi connectivity index (χ0) is 19.8. The Morgan fingerprint density at radius 2 is 1.96 bits per heavy atom. The molecule has 0 amide bonds. The van der Waals surface area contributed by atoms with Gasteiger partial charge in [0.25, 0.3) is 0 Å². The van der Waals surface area contributed by atoms with E-state index in [1.165, 1.54) is 9.13 Å². The summed E-state index contributed by atoms with van der Waals surface area (Å²) in [5.74, 6) is 0.803. The van der Waals surface area contributed by atoms with Gasteiger partial charge in [-0.15, -0.1) is 0 Å². The summed E-state index contributed by atoms with van der Waals surface area (Å²) < 4.78 is 6.67. The van der Waals surface area contributed by atoms with E-state index in [-0.39, 0.29) is 12.1 Å². The maximum Gasteiger partial charge on any atom is 0.174 e. The normalized spacial score (nSPS) is 19.0. The second-order valence-corrected chi connectivity index (χ2v) is 8.27. The van der Waals surface area contributed by atoms with Crippen LogP contribution in [0.4, 0.5) is 5.69 Å². The van der Waals surface area contributed by atoms with Crippen molar-refractivity contribution in [3.8, 4) is 5.75 Å². The number of rotatable bonds is 4. The van der Waals surface area contributed by atoms with Crippen LogP contribution in [0.3, 0.4) is 0 Å². The zero-order valence-corrected chi connectivity index (χ0v) is 18.8. The number of anilines is 1. The Balaban J connectivity index is 1.89. The van der Waals surface area contributed by atoms with E-state index in [1.54, 1.807) is 7.11 Å². The number of halogens is 1. The van der Waals surface area contributed by atoms with E-state index >= 15 is 0 Å². The number of nitrogens with zero attached hydrogens (tertiary/aromatic N) is 2. The highest BCUT2D eigenvalue weighted by molar-refractivity contribution is 14.1. The number of aromatic amines is 1. The average molecular weight is 504 g/mol. The molecule has 2 aromatic heterocycles. The Morgan fingerprint density at radius 1 is 1.14 bits per heavy atom. The molecule has 7 heteroatoms. The van der Waals surface area contributed by atoms with Gasteiger partial charge in [-0.2, -0.15) is 0 Å². The highest BCUT2D eigenvalue weighted by Gasteiger charge is 2.43. The molecule has 4 rings (SSSR count). The third kappa shape index (κ3) is 3.26. The molecule has 144 valence electrons. The van der Waals surface area contributed by atoms with Crippen molar-refractivity contribution < 1.29 is 4.74 Å². The van der Waals surface area contributed by atoms with Crippen LogP contribution in [0, 0.1) is 17.4 Å². The Kier molecular flexibility index (Phi) is 5.29. The minimum Gasteiger partial charge on any atom is -0.497 e. The van der Waals surface area contributed by atoms with Gasteiger partial charge in [-0.25, -0.2) is 0 Å². The Morgan fingerprint density at radius 3 is 2.61 bits per heavy atom. The molecule has 1 aromatic carbocycles. The Hall–Kier alpha value is -2.13. The summed E-state index contributed by atoms with van der Waals surface area (Å²) in [5.41, 5.74) is 5.51.